The minimum absolute atomic E-state index is 0.0551. The first-order chi connectivity index (χ1) is 9.19. The van der Waals surface area contributed by atoms with Crippen LogP contribution in [0.4, 0.5) is 0 Å². The number of ether oxygens (including phenoxy) is 2. The Morgan fingerprint density at radius 1 is 1.00 bits per heavy atom. The monoisotopic (exact) mass is 276 g/mol. The third-order valence-electron chi connectivity index (χ3n) is 2.50. The number of hydrogen-bond acceptors (Lipinski definition) is 3. The second-order valence-corrected chi connectivity index (χ2v) is 4.37. The molecule has 0 spiro atoms. The van der Waals surface area contributed by atoms with Crippen LogP contribution in [0.5, 0.6) is 11.5 Å². The van der Waals surface area contributed by atoms with Crippen molar-refractivity contribution in [2.24, 2.45) is 0 Å². The third-order valence-corrected chi connectivity index (χ3v) is 2.75. The van der Waals surface area contributed by atoms with Gasteiger partial charge < -0.3 is 9.47 Å². The summed E-state index contributed by atoms with van der Waals surface area (Å²) in [5.41, 5.74) is 0.602. The van der Waals surface area contributed by atoms with Gasteiger partial charge in [0, 0.05) is 17.7 Å². The molecule has 0 bridgehead atoms. The fourth-order valence-electron chi connectivity index (χ4n) is 1.56. The van der Waals surface area contributed by atoms with Crippen LogP contribution in [-0.2, 0) is 4.74 Å². The van der Waals surface area contributed by atoms with Crippen LogP contribution in [-0.4, -0.2) is 19.5 Å². The Morgan fingerprint density at radius 3 is 2.05 bits per heavy atom. The minimum Gasteiger partial charge on any atom is -0.457 e. The molecule has 0 saturated carbocycles. The molecular formula is C15H13ClO3. The van der Waals surface area contributed by atoms with Gasteiger partial charge in [-0.1, -0.05) is 11.6 Å². The molecule has 0 radical (unpaired) electrons. The Morgan fingerprint density at radius 2 is 1.53 bits per heavy atom. The van der Waals surface area contributed by atoms with Crippen molar-refractivity contribution in [1.29, 1.82) is 0 Å². The summed E-state index contributed by atoms with van der Waals surface area (Å²) in [5, 5.41) is 0.660. The van der Waals surface area contributed by atoms with Gasteiger partial charge in [-0.3, -0.25) is 4.79 Å². The topological polar surface area (TPSA) is 35.5 Å². The van der Waals surface area contributed by atoms with Crippen LogP contribution >= 0.6 is 11.6 Å². The van der Waals surface area contributed by atoms with E-state index in [1.54, 1.807) is 48.5 Å². The number of methoxy groups -OCH3 is 1. The summed E-state index contributed by atoms with van der Waals surface area (Å²) in [4.78, 5) is 11.6. The van der Waals surface area contributed by atoms with Gasteiger partial charge in [0.2, 0.25) is 0 Å². The van der Waals surface area contributed by atoms with E-state index in [4.69, 9.17) is 21.1 Å². The van der Waals surface area contributed by atoms with Gasteiger partial charge in [-0.05, 0) is 48.5 Å². The first-order valence-electron chi connectivity index (χ1n) is 5.74. The van der Waals surface area contributed by atoms with E-state index >= 15 is 0 Å². The highest BCUT2D eigenvalue weighted by molar-refractivity contribution is 6.30. The first kappa shape index (κ1) is 13.6. The molecule has 0 aliphatic rings. The average molecular weight is 277 g/mol. The van der Waals surface area contributed by atoms with Gasteiger partial charge in [0.25, 0.3) is 0 Å². The second-order valence-electron chi connectivity index (χ2n) is 3.94. The van der Waals surface area contributed by atoms with Crippen molar-refractivity contribution in [1.82, 2.24) is 0 Å². The SMILES string of the molecule is COCC(=O)c1ccc(Oc2ccc(Cl)cc2)cc1. The summed E-state index contributed by atoms with van der Waals surface area (Å²) in [6, 6.07) is 14.0. The minimum atomic E-state index is -0.0551. The van der Waals surface area contributed by atoms with E-state index in [-0.39, 0.29) is 12.4 Å². The quantitative estimate of drug-likeness (QED) is 0.776. The number of ketones is 1. The van der Waals surface area contributed by atoms with Crippen molar-refractivity contribution in [3.05, 3.63) is 59.1 Å². The van der Waals surface area contributed by atoms with Crippen molar-refractivity contribution in [3.8, 4) is 11.5 Å². The maximum atomic E-state index is 11.6. The number of hydrogen-bond donors (Lipinski definition) is 0. The molecule has 0 fully saturated rings. The van der Waals surface area contributed by atoms with Gasteiger partial charge in [-0.2, -0.15) is 0 Å². The zero-order chi connectivity index (χ0) is 13.7. The lowest BCUT2D eigenvalue weighted by molar-refractivity contribution is 0.0848. The van der Waals surface area contributed by atoms with E-state index in [0.717, 1.165) is 0 Å². The van der Waals surface area contributed by atoms with Crippen LogP contribution in [0.3, 0.4) is 0 Å². The smallest absolute Gasteiger partial charge is 0.188 e. The molecule has 2 rings (SSSR count). The largest absolute Gasteiger partial charge is 0.457 e. The van der Waals surface area contributed by atoms with E-state index in [1.807, 2.05) is 0 Å². The molecule has 0 saturated heterocycles. The van der Waals surface area contributed by atoms with Crippen LogP contribution in [0, 0.1) is 0 Å². The van der Waals surface area contributed by atoms with Gasteiger partial charge in [0.1, 0.15) is 18.1 Å². The Kier molecular flexibility index (Phi) is 4.55. The zero-order valence-corrected chi connectivity index (χ0v) is 11.2. The Hall–Kier alpha value is -1.84. The van der Waals surface area contributed by atoms with Crippen molar-refractivity contribution in [3.63, 3.8) is 0 Å². The van der Waals surface area contributed by atoms with Crippen LogP contribution in [0.25, 0.3) is 0 Å². The normalized spacial score (nSPS) is 10.2. The fraction of sp³-hybridized carbons (Fsp3) is 0.133. The number of carbonyl (C=O) groups is 1. The van der Waals surface area contributed by atoms with E-state index in [2.05, 4.69) is 0 Å². The summed E-state index contributed by atoms with van der Waals surface area (Å²) < 4.78 is 10.4. The van der Waals surface area contributed by atoms with Gasteiger partial charge in [0.15, 0.2) is 5.78 Å². The highest BCUT2D eigenvalue weighted by atomic mass is 35.5. The molecule has 98 valence electrons. The van der Waals surface area contributed by atoms with Crippen molar-refractivity contribution < 1.29 is 14.3 Å². The lowest BCUT2D eigenvalue weighted by Gasteiger charge is -2.06. The standard InChI is InChI=1S/C15H13ClO3/c1-18-10-15(17)11-2-6-13(7-3-11)19-14-8-4-12(16)5-9-14/h2-9H,10H2,1H3. The van der Waals surface area contributed by atoms with Crippen molar-refractivity contribution in [2.75, 3.05) is 13.7 Å². The second kappa shape index (κ2) is 6.36. The first-order valence-corrected chi connectivity index (χ1v) is 6.12. The summed E-state index contributed by atoms with van der Waals surface area (Å²) in [7, 11) is 1.50. The average Bonchev–Trinajstić information content (AvgIpc) is 2.42. The number of halogens is 1. The molecule has 0 N–H and O–H groups in total. The number of rotatable bonds is 5. The summed E-state index contributed by atoms with van der Waals surface area (Å²) in [6.07, 6.45) is 0. The Bertz CT molecular complexity index is 547. The molecule has 0 aromatic heterocycles. The molecule has 0 unspecified atom stereocenters. The molecular weight excluding hydrogens is 264 g/mol. The molecule has 2 aromatic rings. The Balaban J connectivity index is 2.06. The molecule has 0 heterocycles. The van der Waals surface area contributed by atoms with E-state index in [1.165, 1.54) is 7.11 Å². The van der Waals surface area contributed by atoms with E-state index in [9.17, 15) is 4.79 Å². The maximum absolute atomic E-state index is 11.6. The highest BCUT2D eigenvalue weighted by Gasteiger charge is 2.05. The van der Waals surface area contributed by atoms with Crippen LogP contribution in [0.15, 0.2) is 48.5 Å². The van der Waals surface area contributed by atoms with Crippen molar-refractivity contribution >= 4 is 17.4 Å². The van der Waals surface area contributed by atoms with E-state index < -0.39 is 0 Å². The molecule has 0 aliphatic carbocycles. The van der Waals surface area contributed by atoms with Crippen LogP contribution < -0.4 is 4.74 Å². The third kappa shape index (κ3) is 3.81. The number of benzene rings is 2. The molecule has 2 aromatic carbocycles. The molecule has 0 amide bonds. The lowest BCUT2D eigenvalue weighted by Crippen LogP contribution is -2.06. The summed E-state index contributed by atoms with van der Waals surface area (Å²) >= 11 is 5.80. The molecule has 3 nitrogen and oxygen atoms in total. The predicted octanol–water partition coefficient (Wildman–Crippen LogP) is 3.96. The molecule has 0 aliphatic heterocycles. The fourth-order valence-corrected chi connectivity index (χ4v) is 1.69. The molecule has 4 heteroatoms. The summed E-state index contributed by atoms with van der Waals surface area (Å²) in [5.74, 6) is 1.30. The lowest BCUT2D eigenvalue weighted by atomic mass is 10.1. The molecule has 0 atom stereocenters. The Labute approximate surface area is 116 Å². The number of carbonyl (C=O) groups excluding carboxylic acids is 1. The van der Waals surface area contributed by atoms with Gasteiger partial charge >= 0.3 is 0 Å². The zero-order valence-electron chi connectivity index (χ0n) is 10.4. The van der Waals surface area contributed by atoms with Crippen molar-refractivity contribution in [2.45, 2.75) is 0 Å². The summed E-state index contributed by atoms with van der Waals surface area (Å²) in [6.45, 7) is 0.0807. The van der Waals surface area contributed by atoms with Gasteiger partial charge in [-0.15, -0.1) is 0 Å². The molecule has 19 heavy (non-hydrogen) atoms. The number of Topliss-reactive ketones (excluding diaryl/α,β-unsaturated/α-hetero) is 1. The van der Waals surface area contributed by atoms with Crippen LogP contribution in [0.2, 0.25) is 5.02 Å². The highest BCUT2D eigenvalue weighted by Crippen LogP contribution is 2.23. The predicted molar refractivity (Wildman–Crippen MR) is 74.2 cm³/mol. The van der Waals surface area contributed by atoms with Gasteiger partial charge in [0.05, 0.1) is 0 Å². The van der Waals surface area contributed by atoms with Crippen LogP contribution in [0.1, 0.15) is 10.4 Å². The maximum Gasteiger partial charge on any atom is 0.188 e. The van der Waals surface area contributed by atoms with Gasteiger partial charge in [-0.25, -0.2) is 0 Å². The van der Waals surface area contributed by atoms with E-state index in [0.29, 0.717) is 22.1 Å².